The minimum absolute atomic E-state index is 0.384. The predicted octanol–water partition coefficient (Wildman–Crippen LogP) is 4.10. The maximum absolute atomic E-state index is 11.5. The average Bonchev–Trinajstić information content (AvgIpc) is 2.47. The van der Waals surface area contributed by atoms with Crippen LogP contribution in [0.15, 0.2) is 0 Å². The number of hydrogen-bond acceptors (Lipinski definition) is 4. The Hall–Kier alpha value is -0.810. The molecule has 0 radical (unpaired) electrons. The summed E-state index contributed by atoms with van der Waals surface area (Å²) in [5.74, 6) is 0.384. The number of nitrogens with one attached hydrogen (secondary N) is 1. The lowest BCUT2D eigenvalue weighted by Gasteiger charge is -2.19. The third kappa shape index (κ3) is 4.52. The first-order chi connectivity index (χ1) is 7.83. The molecule has 1 heterocycles. The van der Waals surface area contributed by atoms with E-state index in [1.54, 1.807) is 20.8 Å². The third-order valence-electron chi connectivity index (χ3n) is 1.80. The number of nitrogens with zero attached hydrogens (tertiary/aromatic N) is 1. The van der Waals surface area contributed by atoms with Gasteiger partial charge in [-0.15, -0.1) is 0 Å². The van der Waals surface area contributed by atoms with Crippen LogP contribution in [0.4, 0.5) is 10.6 Å². The molecule has 17 heavy (non-hydrogen) atoms. The van der Waals surface area contributed by atoms with Crippen molar-refractivity contribution < 1.29 is 9.53 Å². The topological polar surface area (TPSA) is 51.2 Å². The molecule has 0 fully saturated rings. The van der Waals surface area contributed by atoms with Crippen LogP contribution in [0.3, 0.4) is 0 Å². The van der Waals surface area contributed by atoms with Gasteiger partial charge in [0.25, 0.3) is 0 Å². The van der Waals surface area contributed by atoms with Crippen molar-refractivity contribution in [3.8, 4) is 0 Å². The molecule has 1 aromatic rings. The molecule has 96 valence electrons. The van der Waals surface area contributed by atoms with E-state index in [-0.39, 0.29) is 0 Å². The van der Waals surface area contributed by atoms with E-state index in [2.05, 4.69) is 16.6 Å². The van der Waals surface area contributed by atoms with Crippen LogP contribution in [0.2, 0.25) is 5.02 Å². The predicted molar refractivity (Wildman–Crippen MR) is 71.0 cm³/mol. The Morgan fingerprint density at radius 3 is 2.71 bits per heavy atom. The van der Waals surface area contributed by atoms with Crippen molar-refractivity contribution in [2.24, 2.45) is 0 Å². The van der Waals surface area contributed by atoms with Crippen molar-refractivity contribution in [2.75, 3.05) is 5.32 Å². The van der Waals surface area contributed by atoms with Gasteiger partial charge in [-0.3, -0.25) is 5.32 Å². The Morgan fingerprint density at radius 2 is 2.18 bits per heavy atom. The number of hydrogen-bond donors (Lipinski definition) is 1. The van der Waals surface area contributed by atoms with Crippen molar-refractivity contribution in [2.45, 2.75) is 46.1 Å². The molecular weight excluding hydrogens is 260 g/mol. The molecule has 0 aromatic carbocycles. The van der Waals surface area contributed by atoms with Crippen molar-refractivity contribution >= 4 is 35.0 Å². The van der Waals surface area contributed by atoms with E-state index in [0.717, 1.165) is 17.7 Å². The second-order valence-electron chi connectivity index (χ2n) is 4.65. The molecule has 0 saturated carbocycles. The molecule has 6 heteroatoms. The Bertz CT molecular complexity index is 399. The average molecular weight is 277 g/mol. The summed E-state index contributed by atoms with van der Waals surface area (Å²) in [5, 5.41) is 3.07. The molecule has 0 aliphatic rings. The first-order valence-electron chi connectivity index (χ1n) is 5.47. The highest BCUT2D eigenvalue weighted by Crippen LogP contribution is 2.30. The van der Waals surface area contributed by atoms with E-state index in [4.69, 9.17) is 16.3 Å². The molecule has 0 aliphatic carbocycles. The van der Waals surface area contributed by atoms with Crippen LogP contribution >= 0.6 is 23.1 Å². The van der Waals surface area contributed by atoms with Gasteiger partial charge in [-0.25, -0.2) is 4.79 Å². The molecule has 0 saturated heterocycles. The van der Waals surface area contributed by atoms with Gasteiger partial charge in [0.2, 0.25) is 0 Å². The summed E-state index contributed by atoms with van der Waals surface area (Å²) in [7, 11) is 0. The zero-order chi connectivity index (χ0) is 13.1. The summed E-state index contributed by atoms with van der Waals surface area (Å²) in [6.07, 6.45) is 1.33. The minimum Gasteiger partial charge on any atom is -0.444 e. The molecule has 1 aromatic heterocycles. The highest BCUT2D eigenvalue weighted by molar-refractivity contribution is 7.06. The first-order valence-corrected chi connectivity index (χ1v) is 6.62. The molecule has 0 unspecified atom stereocenters. The normalized spacial score (nSPS) is 11.4. The lowest BCUT2D eigenvalue weighted by Crippen LogP contribution is -2.27. The van der Waals surface area contributed by atoms with Gasteiger partial charge in [0.1, 0.15) is 5.60 Å². The van der Waals surface area contributed by atoms with Gasteiger partial charge in [0.15, 0.2) is 5.82 Å². The van der Waals surface area contributed by atoms with Crippen LogP contribution in [-0.2, 0) is 11.2 Å². The fourth-order valence-corrected chi connectivity index (χ4v) is 2.32. The van der Waals surface area contributed by atoms with Crippen molar-refractivity contribution in [3.63, 3.8) is 0 Å². The van der Waals surface area contributed by atoms with Crippen LogP contribution < -0.4 is 5.32 Å². The summed E-state index contributed by atoms with van der Waals surface area (Å²) < 4.78 is 9.22. The van der Waals surface area contributed by atoms with Gasteiger partial charge in [0.05, 0.1) is 5.02 Å². The molecule has 0 spiro atoms. The Morgan fingerprint density at radius 1 is 1.53 bits per heavy atom. The standard InChI is InChI=1S/C11H17ClN2O2S/c1-5-6-7-8(12)9(14-17-7)13-10(15)16-11(2,3)4/h5-6H2,1-4H3,(H,13,14,15). The van der Waals surface area contributed by atoms with Crippen molar-refractivity contribution in [3.05, 3.63) is 9.90 Å². The lowest BCUT2D eigenvalue weighted by atomic mass is 10.2. The van der Waals surface area contributed by atoms with Gasteiger partial charge in [-0.2, -0.15) is 4.37 Å². The summed E-state index contributed by atoms with van der Waals surface area (Å²) >= 11 is 7.40. The minimum atomic E-state index is -0.534. The summed E-state index contributed by atoms with van der Waals surface area (Å²) in [5.41, 5.74) is -0.529. The number of halogens is 1. The van der Waals surface area contributed by atoms with Crippen LogP contribution in [0.5, 0.6) is 0 Å². The van der Waals surface area contributed by atoms with E-state index < -0.39 is 11.7 Å². The maximum atomic E-state index is 11.5. The Labute approximate surface area is 110 Å². The zero-order valence-corrected chi connectivity index (χ0v) is 12.0. The van der Waals surface area contributed by atoms with Gasteiger partial charge in [-0.1, -0.05) is 24.9 Å². The van der Waals surface area contributed by atoms with Crippen LogP contribution in [0.25, 0.3) is 0 Å². The largest absolute Gasteiger partial charge is 0.444 e. The summed E-state index contributed by atoms with van der Waals surface area (Å²) in [6, 6.07) is 0. The van der Waals surface area contributed by atoms with Gasteiger partial charge in [0, 0.05) is 4.88 Å². The fourth-order valence-electron chi connectivity index (χ4n) is 1.17. The number of carbonyl (C=O) groups excluding carboxylic acids is 1. The Kier molecular flexibility index (Phi) is 4.77. The number of carbonyl (C=O) groups is 1. The molecule has 4 nitrogen and oxygen atoms in total. The van der Waals surface area contributed by atoms with Crippen LogP contribution in [-0.4, -0.2) is 16.1 Å². The van der Waals surface area contributed by atoms with E-state index in [0.29, 0.717) is 10.8 Å². The quantitative estimate of drug-likeness (QED) is 0.904. The number of anilines is 1. The van der Waals surface area contributed by atoms with E-state index in [1.165, 1.54) is 11.5 Å². The van der Waals surface area contributed by atoms with Crippen molar-refractivity contribution in [1.82, 2.24) is 4.37 Å². The fraction of sp³-hybridized carbons (Fsp3) is 0.636. The lowest BCUT2D eigenvalue weighted by molar-refractivity contribution is 0.0635. The maximum Gasteiger partial charge on any atom is 0.413 e. The Balaban J connectivity index is 2.66. The second kappa shape index (κ2) is 5.69. The molecule has 1 amide bonds. The van der Waals surface area contributed by atoms with Crippen LogP contribution in [0.1, 0.15) is 39.0 Å². The highest BCUT2D eigenvalue weighted by atomic mass is 35.5. The zero-order valence-electron chi connectivity index (χ0n) is 10.5. The number of ether oxygens (including phenoxy) is 1. The van der Waals surface area contributed by atoms with Gasteiger partial charge < -0.3 is 4.74 Å². The smallest absolute Gasteiger partial charge is 0.413 e. The van der Waals surface area contributed by atoms with Gasteiger partial charge in [-0.05, 0) is 38.7 Å². The summed E-state index contributed by atoms with van der Waals surface area (Å²) in [4.78, 5) is 12.5. The number of aryl methyl sites for hydroxylation is 1. The second-order valence-corrected chi connectivity index (χ2v) is 5.88. The SMILES string of the molecule is CCCc1snc(NC(=O)OC(C)(C)C)c1Cl. The third-order valence-corrected chi connectivity index (χ3v) is 3.22. The molecule has 1 N–H and O–H groups in total. The molecule has 0 bridgehead atoms. The number of aromatic nitrogens is 1. The first kappa shape index (κ1) is 14.3. The molecule has 1 rings (SSSR count). The molecule has 0 atom stereocenters. The number of rotatable bonds is 3. The van der Waals surface area contributed by atoms with Gasteiger partial charge >= 0.3 is 6.09 Å². The van der Waals surface area contributed by atoms with Crippen molar-refractivity contribution in [1.29, 1.82) is 0 Å². The van der Waals surface area contributed by atoms with E-state index in [9.17, 15) is 4.79 Å². The molecule has 0 aliphatic heterocycles. The number of amides is 1. The highest BCUT2D eigenvalue weighted by Gasteiger charge is 2.19. The molecular formula is C11H17ClN2O2S. The van der Waals surface area contributed by atoms with E-state index in [1.807, 2.05) is 0 Å². The van der Waals surface area contributed by atoms with E-state index >= 15 is 0 Å². The monoisotopic (exact) mass is 276 g/mol. The van der Waals surface area contributed by atoms with Crippen LogP contribution in [0, 0.1) is 0 Å². The summed E-state index contributed by atoms with van der Waals surface area (Å²) in [6.45, 7) is 7.48.